The zero-order chi connectivity index (χ0) is 13.1. The van der Waals surface area contributed by atoms with Crippen molar-refractivity contribution in [2.45, 2.75) is 27.2 Å². The molecule has 2 aromatic rings. The smallest absolute Gasteiger partial charge is 0.0903 e. The maximum atomic E-state index is 4.67. The van der Waals surface area contributed by atoms with Gasteiger partial charge in [-0.1, -0.05) is 23.8 Å². The predicted octanol–water partition coefficient (Wildman–Crippen LogP) is 3.50. The molecule has 0 aliphatic heterocycles. The molecule has 3 heteroatoms. The summed E-state index contributed by atoms with van der Waals surface area (Å²) in [5.41, 5.74) is 5.20. The summed E-state index contributed by atoms with van der Waals surface area (Å²) >= 11 is 1.80. The summed E-state index contributed by atoms with van der Waals surface area (Å²) in [6.45, 7) is 7.37. The SMILES string of the molecule is CNCCc1nc(C)sc1-c1cc(C)ccc1C. The normalized spacial score (nSPS) is 10.9. The molecule has 0 aliphatic rings. The first kappa shape index (κ1) is 13.2. The van der Waals surface area contributed by atoms with Crippen LogP contribution in [0.3, 0.4) is 0 Å². The van der Waals surface area contributed by atoms with Crippen LogP contribution in [0.15, 0.2) is 18.2 Å². The van der Waals surface area contributed by atoms with Gasteiger partial charge in [0.15, 0.2) is 0 Å². The van der Waals surface area contributed by atoms with E-state index in [2.05, 4.69) is 49.3 Å². The number of nitrogens with one attached hydrogen (secondary N) is 1. The molecule has 18 heavy (non-hydrogen) atoms. The van der Waals surface area contributed by atoms with Crippen LogP contribution in [-0.2, 0) is 6.42 Å². The molecule has 0 unspecified atom stereocenters. The Kier molecular flexibility index (Phi) is 4.15. The number of likely N-dealkylation sites (N-methyl/N-ethyl adjacent to an activating group) is 1. The summed E-state index contributed by atoms with van der Waals surface area (Å²) < 4.78 is 0. The summed E-state index contributed by atoms with van der Waals surface area (Å²) in [5, 5.41) is 4.34. The summed E-state index contributed by atoms with van der Waals surface area (Å²) in [6.07, 6.45) is 0.990. The van der Waals surface area contributed by atoms with E-state index >= 15 is 0 Å². The van der Waals surface area contributed by atoms with Crippen LogP contribution >= 0.6 is 11.3 Å². The molecule has 0 bridgehead atoms. The largest absolute Gasteiger partial charge is 0.319 e. The van der Waals surface area contributed by atoms with Crippen LogP contribution in [0.2, 0.25) is 0 Å². The van der Waals surface area contributed by atoms with Crippen molar-refractivity contribution in [3.63, 3.8) is 0 Å². The Labute approximate surface area is 113 Å². The van der Waals surface area contributed by atoms with Crippen molar-refractivity contribution in [1.82, 2.24) is 10.3 Å². The second kappa shape index (κ2) is 5.63. The minimum Gasteiger partial charge on any atom is -0.319 e. The summed E-state index contributed by atoms with van der Waals surface area (Å²) in [6, 6.07) is 6.63. The lowest BCUT2D eigenvalue weighted by molar-refractivity contribution is 0.779. The van der Waals surface area contributed by atoms with Gasteiger partial charge in [-0.15, -0.1) is 11.3 Å². The van der Waals surface area contributed by atoms with Crippen molar-refractivity contribution in [3.05, 3.63) is 40.0 Å². The fraction of sp³-hybridized carbons (Fsp3) is 0.400. The van der Waals surface area contributed by atoms with Crippen LogP contribution in [-0.4, -0.2) is 18.6 Å². The summed E-state index contributed by atoms with van der Waals surface area (Å²) in [5.74, 6) is 0. The quantitative estimate of drug-likeness (QED) is 0.910. The lowest BCUT2D eigenvalue weighted by atomic mass is 10.0. The molecule has 0 saturated carbocycles. The number of nitrogens with zero attached hydrogens (tertiary/aromatic N) is 1. The fourth-order valence-electron chi connectivity index (χ4n) is 2.07. The van der Waals surface area contributed by atoms with Gasteiger partial charge in [-0.25, -0.2) is 4.98 Å². The van der Waals surface area contributed by atoms with E-state index in [1.165, 1.54) is 27.3 Å². The third-order valence-electron chi connectivity index (χ3n) is 3.05. The molecule has 1 aromatic heterocycles. The lowest BCUT2D eigenvalue weighted by Gasteiger charge is -2.07. The van der Waals surface area contributed by atoms with Gasteiger partial charge in [0.05, 0.1) is 15.6 Å². The highest BCUT2D eigenvalue weighted by molar-refractivity contribution is 7.15. The van der Waals surface area contributed by atoms with Crippen LogP contribution < -0.4 is 5.32 Å². The first-order chi connectivity index (χ1) is 8.61. The van der Waals surface area contributed by atoms with Crippen LogP contribution in [0.5, 0.6) is 0 Å². The van der Waals surface area contributed by atoms with Gasteiger partial charge in [-0.05, 0) is 38.9 Å². The average molecular weight is 260 g/mol. The Bertz CT molecular complexity index is 543. The number of aryl methyl sites for hydroxylation is 3. The van der Waals surface area contributed by atoms with Gasteiger partial charge in [0, 0.05) is 13.0 Å². The monoisotopic (exact) mass is 260 g/mol. The van der Waals surface area contributed by atoms with Crippen molar-refractivity contribution < 1.29 is 0 Å². The van der Waals surface area contributed by atoms with Gasteiger partial charge in [0.1, 0.15) is 0 Å². The Balaban J connectivity index is 2.45. The van der Waals surface area contributed by atoms with E-state index in [-0.39, 0.29) is 0 Å². The topological polar surface area (TPSA) is 24.9 Å². The third kappa shape index (κ3) is 2.79. The van der Waals surface area contributed by atoms with Crippen LogP contribution in [0.25, 0.3) is 10.4 Å². The molecule has 0 atom stereocenters. The second-order valence-corrected chi connectivity index (χ2v) is 5.88. The molecular weight excluding hydrogens is 240 g/mol. The molecule has 0 fully saturated rings. The van der Waals surface area contributed by atoms with Crippen molar-refractivity contribution in [2.24, 2.45) is 0 Å². The van der Waals surface area contributed by atoms with E-state index in [4.69, 9.17) is 0 Å². The highest BCUT2D eigenvalue weighted by Crippen LogP contribution is 2.33. The minimum atomic E-state index is 0.973. The molecule has 0 amide bonds. The van der Waals surface area contributed by atoms with E-state index in [1.54, 1.807) is 11.3 Å². The van der Waals surface area contributed by atoms with Crippen molar-refractivity contribution in [2.75, 3.05) is 13.6 Å². The van der Waals surface area contributed by atoms with Gasteiger partial charge in [0.2, 0.25) is 0 Å². The van der Waals surface area contributed by atoms with E-state index in [9.17, 15) is 0 Å². The van der Waals surface area contributed by atoms with E-state index < -0.39 is 0 Å². The second-order valence-electron chi connectivity index (χ2n) is 4.68. The molecular formula is C15H20N2S. The first-order valence-electron chi connectivity index (χ1n) is 6.30. The molecule has 2 nitrogen and oxygen atoms in total. The van der Waals surface area contributed by atoms with Crippen molar-refractivity contribution in [1.29, 1.82) is 0 Å². The highest BCUT2D eigenvalue weighted by Gasteiger charge is 2.12. The molecule has 2 rings (SSSR count). The van der Waals surface area contributed by atoms with Crippen LogP contribution in [0, 0.1) is 20.8 Å². The zero-order valence-electron chi connectivity index (χ0n) is 11.5. The summed E-state index contributed by atoms with van der Waals surface area (Å²) in [4.78, 5) is 6.01. The molecule has 0 spiro atoms. The number of hydrogen-bond donors (Lipinski definition) is 1. The van der Waals surface area contributed by atoms with Crippen molar-refractivity contribution in [3.8, 4) is 10.4 Å². The standard InChI is InChI=1S/C15H20N2S/c1-10-5-6-11(2)13(9-10)15-14(7-8-16-4)17-12(3)18-15/h5-6,9,16H,7-8H2,1-4H3. The molecule has 0 saturated heterocycles. The van der Waals surface area contributed by atoms with Gasteiger partial charge in [-0.2, -0.15) is 0 Å². The molecule has 96 valence electrons. The van der Waals surface area contributed by atoms with E-state index in [0.717, 1.165) is 18.0 Å². The number of benzene rings is 1. The molecule has 0 aliphatic carbocycles. The highest BCUT2D eigenvalue weighted by atomic mass is 32.1. The molecule has 0 radical (unpaired) electrons. The average Bonchev–Trinajstić information content (AvgIpc) is 2.71. The maximum Gasteiger partial charge on any atom is 0.0903 e. The summed E-state index contributed by atoms with van der Waals surface area (Å²) in [7, 11) is 1.98. The Morgan fingerprint density at radius 2 is 2.00 bits per heavy atom. The number of hydrogen-bond acceptors (Lipinski definition) is 3. The Hall–Kier alpha value is -1.19. The molecule has 1 heterocycles. The predicted molar refractivity (Wildman–Crippen MR) is 79.4 cm³/mol. The van der Waals surface area contributed by atoms with Gasteiger partial charge >= 0.3 is 0 Å². The number of rotatable bonds is 4. The van der Waals surface area contributed by atoms with Gasteiger partial charge in [0.25, 0.3) is 0 Å². The Morgan fingerprint density at radius 1 is 1.22 bits per heavy atom. The van der Waals surface area contributed by atoms with E-state index in [1.807, 2.05) is 7.05 Å². The fourth-order valence-corrected chi connectivity index (χ4v) is 3.12. The van der Waals surface area contributed by atoms with Gasteiger partial charge in [-0.3, -0.25) is 0 Å². The minimum absolute atomic E-state index is 0.973. The van der Waals surface area contributed by atoms with Crippen molar-refractivity contribution >= 4 is 11.3 Å². The number of thiazole rings is 1. The molecule has 1 N–H and O–H groups in total. The van der Waals surface area contributed by atoms with Crippen LogP contribution in [0.1, 0.15) is 21.8 Å². The van der Waals surface area contributed by atoms with Gasteiger partial charge < -0.3 is 5.32 Å². The van der Waals surface area contributed by atoms with E-state index in [0.29, 0.717) is 0 Å². The molecule has 1 aromatic carbocycles. The Morgan fingerprint density at radius 3 is 2.72 bits per heavy atom. The van der Waals surface area contributed by atoms with Crippen LogP contribution in [0.4, 0.5) is 0 Å². The first-order valence-corrected chi connectivity index (χ1v) is 7.12. The maximum absolute atomic E-state index is 4.67. The lowest BCUT2D eigenvalue weighted by Crippen LogP contribution is -2.11. The number of aromatic nitrogens is 1. The third-order valence-corrected chi connectivity index (χ3v) is 4.10. The zero-order valence-corrected chi connectivity index (χ0v) is 12.3.